The van der Waals surface area contributed by atoms with Gasteiger partial charge in [-0.25, -0.2) is 0 Å². The van der Waals surface area contributed by atoms with Crippen LogP contribution in [0.1, 0.15) is 48.7 Å². The number of nitrogens with zero attached hydrogens (tertiary/aromatic N) is 4. The molecule has 11 heteroatoms. The van der Waals surface area contributed by atoms with E-state index in [1.165, 1.54) is 0 Å². The van der Waals surface area contributed by atoms with Crippen LogP contribution in [0.3, 0.4) is 0 Å². The van der Waals surface area contributed by atoms with Gasteiger partial charge in [-0.05, 0) is 29.9 Å². The fraction of sp³-hybridized carbons (Fsp3) is 0.457. The Morgan fingerprint density at radius 1 is 0.957 bits per heavy atom. The maximum atomic E-state index is 14.0. The lowest BCUT2D eigenvalue weighted by atomic mass is 9.70. The van der Waals surface area contributed by atoms with Gasteiger partial charge >= 0.3 is 0 Å². The van der Waals surface area contributed by atoms with Gasteiger partial charge in [-0.15, -0.1) is 0 Å². The second-order valence-corrected chi connectivity index (χ2v) is 13.8. The Morgan fingerprint density at radius 2 is 1.57 bits per heavy atom. The van der Waals surface area contributed by atoms with Crippen molar-refractivity contribution in [3.8, 4) is 0 Å². The van der Waals surface area contributed by atoms with Crippen LogP contribution >= 0.6 is 0 Å². The highest BCUT2D eigenvalue weighted by Crippen LogP contribution is 2.54. The largest absolute Gasteiger partial charge is 0.371 e. The summed E-state index contributed by atoms with van der Waals surface area (Å²) in [4.78, 5) is 56.9. The SMILES string of the molecule is C[C@@H](OCc1ccccc1)[C@H](NC(=O)[C@H]1CN(C(=O)c2cnn(Cc3ccccc3)c2)CC12CN(C(=O)[C@H]1CC1(C)C)C2)C(N)=O. The van der Waals surface area contributed by atoms with E-state index in [4.69, 9.17) is 10.5 Å². The molecule has 4 amide bonds. The number of benzene rings is 2. The van der Waals surface area contributed by atoms with Crippen LogP contribution in [0, 0.1) is 22.7 Å². The summed E-state index contributed by atoms with van der Waals surface area (Å²) in [5, 5.41) is 7.24. The Kier molecular flexibility index (Phi) is 8.45. The molecule has 3 N–H and O–H groups in total. The van der Waals surface area contributed by atoms with E-state index in [-0.39, 0.29) is 42.2 Å². The molecule has 0 bridgehead atoms. The lowest BCUT2D eigenvalue weighted by Crippen LogP contribution is -2.65. The Balaban J connectivity index is 1.16. The minimum absolute atomic E-state index is 0.0151. The first-order valence-corrected chi connectivity index (χ1v) is 15.9. The van der Waals surface area contributed by atoms with Crippen molar-refractivity contribution in [2.75, 3.05) is 26.2 Å². The van der Waals surface area contributed by atoms with Crippen LogP contribution in [-0.2, 0) is 32.3 Å². The van der Waals surface area contributed by atoms with Crippen molar-refractivity contribution in [3.63, 3.8) is 0 Å². The zero-order valence-corrected chi connectivity index (χ0v) is 26.6. The van der Waals surface area contributed by atoms with Crippen LogP contribution in [0.4, 0.5) is 0 Å². The molecule has 3 aromatic rings. The van der Waals surface area contributed by atoms with Gasteiger partial charge in [0.05, 0.1) is 36.9 Å². The minimum atomic E-state index is -1.07. The van der Waals surface area contributed by atoms with Crippen molar-refractivity contribution < 1.29 is 23.9 Å². The number of nitrogens with two attached hydrogens (primary N) is 1. The molecule has 0 radical (unpaired) electrons. The van der Waals surface area contributed by atoms with Gasteiger partial charge in [-0.2, -0.15) is 5.10 Å². The van der Waals surface area contributed by atoms with Gasteiger partial charge in [0.1, 0.15) is 6.04 Å². The predicted octanol–water partition coefficient (Wildman–Crippen LogP) is 2.45. The minimum Gasteiger partial charge on any atom is -0.371 e. The van der Waals surface area contributed by atoms with E-state index in [1.54, 1.807) is 28.9 Å². The molecule has 3 heterocycles. The predicted molar refractivity (Wildman–Crippen MR) is 170 cm³/mol. The molecule has 2 saturated heterocycles. The Bertz CT molecular complexity index is 1600. The Morgan fingerprint density at radius 3 is 2.17 bits per heavy atom. The lowest BCUT2D eigenvalue weighted by Gasteiger charge is -2.50. The molecule has 11 nitrogen and oxygen atoms in total. The number of primary amides is 1. The first kappa shape index (κ1) is 31.5. The maximum absolute atomic E-state index is 14.0. The highest BCUT2D eigenvalue weighted by Gasteiger charge is 2.62. The number of nitrogens with one attached hydrogen (secondary N) is 1. The summed E-state index contributed by atoms with van der Waals surface area (Å²) < 4.78 is 7.64. The van der Waals surface area contributed by atoms with Crippen LogP contribution in [0.5, 0.6) is 0 Å². The fourth-order valence-electron chi connectivity index (χ4n) is 6.87. The molecule has 0 unspecified atom stereocenters. The van der Waals surface area contributed by atoms with Gasteiger partial charge in [0.2, 0.25) is 17.7 Å². The van der Waals surface area contributed by atoms with Crippen molar-refractivity contribution in [1.29, 1.82) is 0 Å². The normalized spacial score (nSPS) is 22.2. The number of carbonyl (C=O) groups excluding carboxylic acids is 4. The summed E-state index contributed by atoms with van der Waals surface area (Å²) in [6, 6.07) is 18.3. The molecule has 6 rings (SSSR count). The van der Waals surface area contributed by atoms with Crippen molar-refractivity contribution in [3.05, 3.63) is 89.7 Å². The number of hydrogen-bond donors (Lipinski definition) is 2. The van der Waals surface area contributed by atoms with Gasteiger partial charge < -0.3 is 25.6 Å². The van der Waals surface area contributed by atoms with Gasteiger partial charge in [0, 0.05) is 43.7 Å². The second-order valence-electron chi connectivity index (χ2n) is 13.8. The number of carbonyl (C=O) groups is 4. The van der Waals surface area contributed by atoms with Crippen LogP contribution in [-0.4, -0.2) is 81.5 Å². The number of hydrogen-bond acceptors (Lipinski definition) is 6. The van der Waals surface area contributed by atoms with Crippen LogP contribution in [0.2, 0.25) is 0 Å². The molecule has 4 atom stereocenters. The van der Waals surface area contributed by atoms with Crippen LogP contribution in [0.25, 0.3) is 0 Å². The van der Waals surface area contributed by atoms with Gasteiger partial charge in [0.25, 0.3) is 5.91 Å². The number of rotatable bonds is 11. The van der Waals surface area contributed by atoms with Gasteiger partial charge in [-0.3, -0.25) is 23.9 Å². The van der Waals surface area contributed by atoms with E-state index < -0.39 is 29.4 Å². The summed E-state index contributed by atoms with van der Waals surface area (Å²) >= 11 is 0. The van der Waals surface area contributed by atoms with Crippen molar-refractivity contribution in [2.45, 2.75) is 52.5 Å². The molecule has 242 valence electrons. The van der Waals surface area contributed by atoms with Crippen molar-refractivity contribution in [2.24, 2.45) is 28.4 Å². The number of likely N-dealkylation sites (tertiary alicyclic amines) is 2. The zero-order chi connectivity index (χ0) is 32.6. The van der Waals surface area contributed by atoms with Gasteiger partial charge in [-0.1, -0.05) is 74.5 Å². The molecular formula is C35H42N6O5. The summed E-state index contributed by atoms with van der Waals surface area (Å²) in [6.45, 7) is 7.85. The Hall–Kier alpha value is -4.51. The highest BCUT2D eigenvalue weighted by atomic mass is 16.5. The maximum Gasteiger partial charge on any atom is 0.257 e. The highest BCUT2D eigenvalue weighted by molar-refractivity contribution is 5.95. The smallest absolute Gasteiger partial charge is 0.257 e. The van der Waals surface area contributed by atoms with Crippen LogP contribution < -0.4 is 11.1 Å². The molecule has 1 saturated carbocycles. The molecule has 1 spiro atoms. The molecule has 1 aliphatic carbocycles. The molecule has 2 aromatic carbocycles. The average molecular weight is 627 g/mol. The second kappa shape index (κ2) is 12.4. The third-order valence-corrected chi connectivity index (χ3v) is 9.88. The topological polar surface area (TPSA) is 140 Å². The number of amides is 4. The fourth-order valence-corrected chi connectivity index (χ4v) is 6.87. The van der Waals surface area contributed by atoms with E-state index in [9.17, 15) is 19.2 Å². The lowest BCUT2D eigenvalue weighted by molar-refractivity contribution is -0.152. The quantitative estimate of drug-likeness (QED) is 0.335. The number of ether oxygens (including phenoxy) is 1. The molecule has 3 aliphatic rings. The number of aromatic nitrogens is 2. The van der Waals surface area contributed by atoms with Gasteiger partial charge in [0.15, 0.2) is 0 Å². The standard InChI is InChI=1S/C35H42N6O5/c1-23(46-19-25-12-8-5-9-13-25)29(30(36)42)38-31(43)28-18-39(20-35(28)21-40(22-35)33(45)27-14-34(27,2)3)32(44)26-15-37-41(17-26)16-24-10-6-4-7-11-24/h4-13,15,17,23,27-29H,14,16,18-22H2,1-3H3,(H2,36,42)(H,38,43)/t23-,27-,28-,29+/m1/s1. The molecular weight excluding hydrogens is 584 g/mol. The molecule has 1 aromatic heterocycles. The van der Waals surface area contributed by atoms with E-state index in [1.807, 2.05) is 65.6 Å². The average Bonchev–Trinajstić information content (AvgIpc) is 3.34. The summed E-state index contributed by atoms with van der Waals surface area (Å²) in [5.41, 5.74) is 7.51. The van der Waals surface area contributed by atoms with Crippen LogP contribution in [0.15, 0.2) is 73.1 Å². The monoisotopic (exact) mass is 626 g/mol. The Labute approximate surface area is 269 Å². The first-order valence-electron chi connectivity index (χ1n) is 15.9. The molecule has 2 aliphatic heterocycles. The first-order chi connectivity index (χ1) is 22.0. The summed E-state index contributed by atoms with van der Waals surface area (Å²) in [7, 11) is 0. The van der Waals surface area contributed by atoms with E-state index in [0.717, 1.165) is 17.5 Å². The third kappa shape index (κ3) is 6.42. The van der Waals surface area contributed by atoms with E-state index >= 15 is 0 Å². The van der Waals surface area contributed by atoms with E-state index in [0.29, 0.717) is 31.7 Å². The van der Waals surface area contributed by atoms with Crippen molar-refractivity contribution >= 4 is 23.6 Å². The van der Waals surface area contributed by atoms with Crippen molar-refractivity contribution in [1.82, 2.24) is 24.9 Å². The third-order valence-electron chi connectivity index (χ3n) is 9.88. The molecule has 46 heavy (non-hydrogen) atoms. The zero-order valence-electron chi connectivity index (χ0n) is 26.6. The summed E-state index contributed by atoms with van der Waals surface area (Å²) in [5.74, 6) is -1.88. The van der Waals surface area contributed by atoms with E-state index in [2.05, 4.69) is 24.3 Å². The summed E-state index contributed by atoms with van der Waals surface area (Å²) in [6.07, 6.45) is 3.42. The molecule has 3 fully saturated rings.